The van der Waals surface area contributed by atoms with Crippen molar-refractivity contribution in [3.63, 3.8) is 0 Å². The summed E-state index contributed by atoms with van der Waals surface area (Å²) in [6, 6.07) is 7.85. The third kappa shape index (κ3) is 2.97. The molecule has 0 amide bonds. The van der Waals surface area contributed by atoms with Crippen LogP contribution in [0, 0.1) is 6.92 Å². The van der Waals surface area contributed by atoms with E-state index in [1.165, 1.54) is 5.56 Å². The highest BCUT2D eigenvalue weighted by Crippen LogP contribution is 2.12. The molecule has 0 aliphatic carbocycles. The standard InChI is InChI=1S/C11H11ClN2O2/c1-8-3-2-4-9(7-8)15-6-5-10-13-11(12)14-16-10/h2-4,7H,5-6H2,1H3. The molecular weight excluding hydrogens is 228 g/mol. The smallest absolute Gasteiger partial charge is 0.263 e. The molecule has 2 rings (SSSR count). The van der Waals surface area contributed by atoms with Crippen LogP contribution in [0.5, 0.6) is 5.75 Å². The van der Waals surface area contributed by atoms with E-state index in [1.807, 2.05) is 31.2 Å². The van der Waals surface area contributed by atoms with Crippen LogP contribution in [0.2, 0.25) is 5.28 Å². The zero-order valence-corrected chi connectivity index (χ0v) is 9.57. The van der Waals surface area contributed by atoms with Crippen molar-refractivity contribution in [2.24, 2.45) is 0 Å². The Balaban J connectivity index is 1.84. The zero-order valence-electron chi connectivity index (χ0n) is 8.81. The second-order valence-electron chi connectivity index (χ2n) is 3.37. The van der Waals surface area contributed by atoms with E-state index in [0.29, 0.717) is 18.9 Å². The van der Waals surface area contributed by atoms with Crippen LogP contribution in [0.15, 0.2) is 28.8 Å². The Labute approximate surface area is 98.2 Å². The molecule has 0 aliphatic rings. The Morgan fingerprint density at radius 1 is 1.44 bits per heavy atom. The van der Waals surface area contributed by atoms with Crippen molar-refractivity contribution in [1.29, 1.82) is 0 Å². The van der Waals surface area contributed by atoms with Gasteiger partial charge in [0, 0.05) is 0 Å². The molecule has 16 heavy (non-hydrogen) atoms. The van der Waals surface area contributed by atoms with Crippen LogP contribution in [0.1, 0.15) is 11.5 Å². The van der Waals surface area contributed by atoms with Crippen molar-refractivity contribution in [3.05, 3.63) is 41.0 Å². The zero-order chi connectivity index (χ0) is 11.4. The largest absolute Gasteiger partial charge is 0.493 e. The molecule has 0 fully saturated rings. The van der Waals surface area contributed by atoms with Crippen molar-refractivity contribution < 1.29 is 9.26 Å². The maximum absolute atomic E-state index is 5.53. The normalized spacial score (nSPS) is 10.4. The second kappa shape index (κ2) is 4.99. The SMILES string of the molecule is Cc1cccc(OCCc2nc(Cl)no2)c1. The Morgan fingerprint density at radius 2 is 2.31 bits per heavy atom. The van der Waals surface area contributed by atoms with Gasteiger partial charge in [-0.25, -0.2) is 0 Å². The summed E-state index contributed by atoms with van der Waals surface area (Å²) >= 11 is 5.52. The molecule has 1 aromatic heterocycles. The highest BCUT2D eigenvalue weighted by molar-refractivity contribution is 6.28. The predicted molar refractivity (Wildman–Crippen MR) is 59.7 cm³/mol. The quantitative estimate of drug-likeness (QED) is 0.822. The molecule has 0 aliphatic heterocycles. The molecule has 2 aromatic rings. The Morgan fingerprint density at radius 3 is 3.00 bits per heavy atom. The number of halogens is 1. The maximum Gasteiger partial charge on any atom is 0.263 e. The molecule has 0 saturated heterocycles. The molecule has 0 saturated carbocycles. The van der Waals surface area contributed by atoms with E-state index in [0.717, 1.165) is 5.75 Å². The minimum absolute atomic E-state index is 0.130. The van der Waals surface area contributed by atoms with Gasteiger partial charge >= 0.3 is 0 Å². The number of benzene rings is 1. The van der Waals surface area contributed by atoms with Crippen molar-refractivity contribution in [2.45, 2.75) is 13.3 Å². The lowest BCUT2D eigenvalue weighted by Crippen LogP contribution is -2.01. The van der Waals surface area contributed by atoms with Gasteiger partial charge in [-0.3, -0.25) is 0 Å². The van der Waals surface area contributed by atoms with Crippen molar-refractivity contribution >= 4 is 11.6 Å². The van der Waals surface area contributed by atoms with Gasteiger partial charge in [0.1, 0.15) is 5.75 Å². The van der Waals surface area contributed by atoms with Gasteiger partial charge in [-0.1, -0.05) is 12.1 Å². The molecule has 0 spiro atoms. The number of nitrogens with zero attached hydrogens (tertiary/aromatic N) is 2. The minimum Gasteiger partial charge on any atom is -0.493 e. The first kappa shape index (κ1) is 11.0. The number of aryl methyl sites for hydroxylation is 1. The van der Waals surface area contributed by atoms with Crippen molar-refractivity contribution in [3.8, 4) is 5.75 Å². The van der Waals surface area contributed by atoms with Crippen LogP contribution in [0.25, 0.3) is 0 Å². The van der Waals surface area contributed by atoms with Crippen molar-refractivity contribution in [1.82, 2.24) is 10.1 Å². The second-order valence-corrected chi connectivity index (χ2v) is 3.71. The van der Waals surface area contributed by atoms with Crippen molar-refractivity contribution in [2.75, 3.05) is 6.61 Å². The van der Waals surface area contributed by atoms with Gasteiger partial charge in [0.2, 0.25) is 5.89 Å². The van der Waals surface area contributed by atoms with Crippen LogP contribution in [-0.2, 0) is 6.42 Å². The van der Waals surface area contributed by atoms with E-state index in [9.17, 15) is 0 Å². The van der Waals surface area contributed by atoms with E-state index in [1.54, 1.807) is 0 Å². The molecule has 0 N–H and O–H groups in total. The molecule has 5 heteroatoms. The van der Waals surface area contributed by atoms with Gasteiger partial charge in [0.15, 0.2) is 0 Å². The average molecular weight is 239 g/mol. The number of hydrogen-bond acceptors (Lipinski definition) is 4. The molecule has 0 bridgehead atoms. The molecule has 1 heterocycles. The summed E-state index contributed by atoms with van der Waals surface area (Å²) < 4.78 is 10.4. The fourth-order valence-electron chi connectivity index (χ4n) is 1.30. The lowest BCUT2D eigenvalue weighted by atomic mass is 10.2. The Kier molecular flexibility index (Phi) is 3.41. The fourth-order valence-corrected chi connectivity index (χ4v) is 1.43. The van der Waals surface area contributed by atoms with E-state index < -0.39 is 0 Å². The molecule has 0 atom stereocenters. The highest BCUT2D eigenvalue weighted by atomic mass is 35.5. The lowest BCUT2D eigenvalue weighted by molar-refractivity contribution is 0.292. The van der Waals surface area contributed by atoms with Crippen LogP contribution >= 0.6 is 11.6 Å². The maximum atomic E-state index is 5.53. The summed E-state index contributed by atoms with van der Waals surface area (Å²) in [6.07, 6.45) is 0.549. The molecule has 1 aromatic carbocycles. The number of ether oxygens (including phenoxy) is 1. The van der Waals surface area contributed by atoms with Crippen LogP contribution in [-0.4, -0.2) is 16.7 Å². The average Bonchev–Trinajstić information content (AvgIpc) is 2.64. The van der Waals surface area contributed by atoms with Crippen LogP contribution < -0.4 is 4.74 Å². The van der Waals surface area contributed by atoms with Gasteiger partial charge in [0.05, 0.1) is 13.0 Å². The minimum atomic E-state index is 0.130. The van der Waals surface area contributed by atoms with E-state index in [4.69, 9.17) is 20.9 Å². The fraction of sp³-hybridized carbons (Fsp3) is 0.273. The highest BCUT2D eigenvalue weighted by Gasteiger charge is 2.03. The van der Waals surface area contributed by atoms with E-state index in [2.05, 4.69) is 10.1 Å². The Bertz CT molecular complexity index is 471. The summed E-state index contributed by atoms with van der Waals surface area (Å²) in [5.74, 6) is 1.32. The van der Waals surface area contributed by atoms with Gasteiger partial charge in [-0.05, 0) is 41.4 Å². The van der Waals surface area contributed by atoms with Gasteiger partial charge < -0.3 is 9.26 Å². The first-order chi connectivity index (χ1) is 7.74. The molecule has 0 radical (unpaired) electrons. The topological polar surface area (TPSA) is 48.2 Å². The molecule has 84 valence electrons. The Hall–Kier alpha value is -1.55. The van der Waals surface area contributed by atoms with Crippen LogP contribution in [0.3, 0.4) is 0 Å². The van der Waals surface area contributed by atoms with E-state index in [-0.39, 0.29) is 5.28 Å². The predicted octanol–water partition coefficient (Wildman–Crippen LogP) is 2.65. The third-order valence-electron chi connectivity index (χ3n) is 2.02. The van der Waals surface area contributed by atoms with Gasteiger partial charge in [-0.2, -0.15) is 4.98 Å². The molecule has 4 nitrogen and oxygen atoms in total. The first-order valence-electron chi connectivity index (χ1n) is 4.91. The number of rotatable bonds is 4. The summed E-state index contributed by atoms with van der Waals surface area (Å²) in [5.41, 5.74) is 1.17. The molecular formula is C11H11ClN2O2. The summed E-state index contributed by atoms with van der Waals surface area (Å²) in [5, 5.41) is 3.61. The summed E-state index contributed by atoms with van der Waals surface area (Å²) in [7, 11) is 0. The number of aromatic nitrogens is 2. The third-order valence-corrected chi connectivity index (χ3v) is 2.17. The first-order valence-corrected chi connectivity index (χ1v) is 5.29. The van der Waals surface area contributed by atoms with Gasteiger partial charge in [-0.15, -0.1) is 0 Å². The number of hydrogen-bond donors (Lipinski definition) is 0. The van der Waals surface area contributed by atoms with Gasteiger partial charge in [0.25, 0.3) is 5.28 Å². The summed E-state index contributed by atoms with van der Waals surface area (Å²) in [4.78, 5) is 3.87. The van der Waals surface area contributed by atoms with E-state index >= 15 is 0 Å². The van der Waals surface area contributed by atoms with Crippen LogP contribution in [0.4, 0.5) is 0 Å². The molecule has 0 unspecified atom stereocenters. The summed E-state index contributed by atoms with van der Waals surface area (Å²) in [6.45, 7) is 2.51. The monoisotopic (exact) mass is 238 g/mol. The lowest BCUT2D eigenvalue weighted by Gasteiger charge is -2.04.